The minimum atomic E-state index is 0.758. The van der Waals surface area contributed by atoms with Crippen LogP contribution in [0.25, 0.3) is 0 Å². The summed E-state index contributed by atoms with van der Waals surface area (Å²) in [6.07, 6.45) is 6.51. The van der Waals surface area contributed by atoms with Crippen molar-refractivity contribution in [1.82, 2.24) is 15.5 Å². The molecule has 0 aromatic heterocycles. The molecule has 4 heteroatoms. The topological polar surface area (TPSA) is 39.7 Å². The van der Waals surface area contributed by atoms with Gasteiger partial charge in [-0.25, -0.2) is 0 Å². The SMILES string of the molecule is CN=C(NCCCCC(C)C)NCC1CCCN(C)C1. The number of hydrogen-bond acceptors (Lipinski definition) is 2. The average Bonchev–Trinajstić information content (AvgIpc) is 2.41. The van der Waals surface area contributed by atoms with E-state index < -0.39 is 0 Å². The van der Waals surface area contributed by atoms with Crippen molar-refractivity contribution < 1.29 is 0 Å². The lowest BCUT2D eigenvalue weighted by atomic mass is 9.99. The number of guanidine groups is 1. The van der Waals surface area contributed by atoms with Crippen LogP contribution in [0.5, 0.6) is 0 Å². The van der Waals surface area contributed by atoms with Crippen molar-refractivity contribution in [2.45, 2.75) is 46.0 Å². The second kappa shape index (κ2) is 10.0. The number of nitrogens with one attached hydrogen (secondary N) is 2. The Bertz CT molecular complexity index is 276. The molecule has 118 valence electrons. The van der Waals surface area contributed by atoms with Crippen LogP contribution < -0.4 is 10.6 Å². The van der Waals surface area contributed by atoms with Gasteiger partial charge in [0.15, 0.2) is 5.96 Å². The first-order chi connectivity index (χ1) is 9.61. The summed E-state index contributed by atoms with van der Waals surface area (Å²) in [5.74, 6) is 2.53. The Kier molecular flexibility index (Phi) is 8.67. The highest BCUT2D eigenvalue weighted by Gasteiger charge is 2.16. The van der Waals surface area contributed by atoms with Crippen molar-refractivity contribution in [3.63, 3.8) is 0 Å². The molecule has 1 saturated heterocycles. The van der Waals surface area contributed by atoms with Crippen LogP contribution in [0.15, 0.2) is 4.99 Å². The van der Waals surface area contributed by atoms with E-state index >= 15 is 0 Å². The van der Waals surface area contributed by atoms with E-state index in [0.29, 0.717) is 0 Å². The second-order valence-electron chi connectivity index (χ2n) is 6.54. The van der Waals surface area contributed by atoms with E-state index in [1.807, 2.05) is 7.05 Å². The fraction of sp³-hybridized carbons (Fsp3) is 0.938. The highest BCUT2D eigenvalue weighted by atomic mass is 15.2. The fourth-order valence-electron chi connectivity index (χ4n) is 2.79. The lowest BCUT2D eigenvalue weighted by Gasteiger charge is -2.30. The van der Waals surface area contributed by atoms with Crippen LogP contribution in [-0.2, 0) is 0 Å². The summed E-state index contributed by atoms with van der Waals surface area (Å²) in [5.41, 5.74) is 0. The Morgan fingerprint density at radius 1 is 1.30 bits per heavy atom. The molecule has 1 aliphatic heterocycles. The first-order valence-electron chi connectivity index (χ1n) is 8.25. The smallest absolute Gasteiger partial charge is 0.190 e. The van der Waals surface area contributed by atoms with Crippen LogP contribution in [0.1, 0.15) is 46.0 Å². The van der Waals surface area contributed by atoms with Crippen molar-refractivity contribution in [3.8, 4) is 0 Å². The molecule has 1 fully saturated rings. The highest BCUT2D eigenvalue weighted by Crippen LogP contribution is 2.13. The zero-order valence-corrected chi connectivity index (χ0v) is 13.9. The van der Waals surface area contributed by atoms with Crippen molar-refractivity contribution in [2.24, 2.45) is 16.8 Å². The lowest BCUT2D eigenvalue weighted by Crippen LogP contribution is -2.43. The number of hydrogen-bond donors (Lipinski definition) is 2. The van der Waals surface area contributed by atoms with Gasteiger partial charge in [0.1, 0.15) is 0 Å². The van der Waals surface area contributed by atoms with E-state index in [4.69, 9.17) is 0 Å². The van der Waals surface area contributed by atoms with Crippen LogP contribution in [0.2, 0.25) is 0 Å². The summed E-state index contributed by atoms with van der Waals surface area (Å²) in [6, 6.07) is 0. The Morgan fingerprint density at radius 3 is 2.75 bits per heavy atom. The summed E-state index contributed by atoms with van der Waals surface area (Å²) in [7, 11) is 4.07. The van der Waals surface area contributed by atoms with Crippen molar-refractivity contribution in [2.75, 3.05) is 40.3 Å². The van der Waals surface area contributed by atoms with Gasteiger partial charge in [-0.15, -0.1) is 0 Å². The first-order valence-corrected chi connectivity index (χ1v) is 8.25. The van der Waals surface area contributed by atoms with E-state index in [1.54, 1.807) is 0 Å². The Labute approximate surface area is 125 Å². The quantitative estimate of drug-likeness (QED) is 0.428. The predicted octanol–water partition coefficient (Wildman–Crippen LogP) is 2.32. The van der Waals surface area contributed by atoms with Crippen LogP contribution in [0.4, 0.5) is 0 Å². The zero-order chi connectivity index (χ0) is 14.8. The van der Waals surface area contributed by atoms with Crippen molar-refractivity contribution in [1.29, 1.82) is 0 Å². The van der Waals surface area contributed by atoms with Crippen LogP contribution in [0, 0.1) is 11.8 Å². The van der Waals surface area contributed by atoms with Gasteiger partial charge in [0, 0.05) is 26.7 Å². The Hall–Kier alpha value is -0.770. The van der Waals surface area contributed by atoms with E-state index in [1.165, 1.54) is 45.2 Å². The van der Waals surface area contributed by atoms with Gasteiger partial charge in [-0.1, -0.05) is 26.7 Å². The van der Waals surface area contributed by atoms with Gasteiger partial charge in [0.25, 0.3) is 0 Å². The van der Waals surface area contributed by atoms with Gasteiger partial charge < -0.3 is 15.5 Å². The molecule has 2 N–H and O–H groups in total. The molecular weight excluding hydrogens is 248 g/mol. The van der Waals surface area contributed by atoms with E-state index in [9.17, 15) is 0 Å². The molecule has 4 nitrogen and oxygen atoms in total. The van der Waals surface area contributed by atoms with Crippen LogP contribution in [0.3, 0.4) is 0 Å². The van der Waals surface area contributed by atoms with Crippen molar-refractivity contribution >= 4 is 5.96 Å². The molecule has 1 aliphatic rings. The van der Waals surface area contributed by atoms with E-state index in [-0.39, 0.29) is 0 Å². The number of piperidine rings is 1. The van der Waals surface area contributed by atoms with E-state index in [0.717, 1.165) is 30.9 Å². The maximum absolute atomic E-state index is 4.31. The normalized spacial score (nSPS) is 21.2. The summed E-state index contributed by atoms with van der Waals surface area (Å²) in [4.78, 5) is 6.73. The molecule has 1 unspecified atom stereocenters. The maximum Gasteiger partial charge on any atom is 0.190 e. The summed E-state index contributed by atoms with van der Waals surface area (Å²) >= 11 is 0. The van der Waals surface area contributed by atoms with Crippen LogP contribution in [-0.4, -0.2) is 51.1 Å². The summed E-state index contributed by atoms with van der Waals surface area (Å²) in [5, 5.41) is 6.89. The number of rotatable bonds is 7. The molecule has 1 atom stereocenters. The fourth-order valence-corrected chi connectivity index (χ4v) is 2.79. The Balaban J connectivity index is 2.10. The lowest BCUT2D eigenvalue weighted by molar-refractivity contribution is 0.210. The van der Waals surface area contributed by atoms with Gasteiger partial charge >= 0.3 is 0 Å². The average molecular weight is 282 g/mol. The molecule has 20 heavy (non-hydrogen) atoms. The van der Waals surface area contributed by atoms with Crippen molar-refractivity contribution in [3.05, 3.63) is 0 Å². The standard InChI is InChI=1S/C16H34N4/c1-14(2)8-5-6-10-18-16(17-3)19-12-15-9-7-11-20(4)13-15/h14-15H,5-13H2,1-4H3,(H2,17,18,19). The third-order valence-corrected chi connectivity index (χ3v) is 4.00. The molecular formula is C16H34N4. The highest BCUT2D eigenvalue weighted by molar-refractivity contribution is 5.79. The van der Waals surface area contributed by atoms with Gasteiger partial charge in [0.05, 0.1) is 0 Å². The molecule has 1 rings (SSSR count). The molecule has 0 aromatic carbocycles. The number of nitrogens with zero attached hydrogens (tertiary/aromatic N) is 2. The van der Waals surface area contributed by atoms with Gasteiger partial charge in [-0.2, -0.15) is 0 Å². The van der Waals surface area contributed by atoms with Gasteiger partial charge in [0.2, 0.25) is 0 Å². The Morgan fingerprint density at radius 2 is 2.10 bits per heavy atom. The number of likely N-dealkylation sites (tertiary alicyclic amines) is 1. The third-order valence-electron chi connectivity index (χ3n) is 4.00. The molecule has 0 radical (unpaired) electrons. The zero-order valence-electron chi connectivity index (χ0n) is 13.9. The molecule has 0 aromatic rings. The molecule has 1 heterocycles. The monoisotopic (exact) mass is 282 g/mol. The number of aliphatic imine (C=N–C) groups is 1. The maximum atomic E-state index is 4.31. The third kappa shape index (κ3) is 7.73. The first kappa shape index (κ1) is 17.3. The molecule has 0 spiro atoms. The van der Waals surface area contributed by atoms with Gasteiger partial charge in [-0.3, -0.25) is 4.99 Å². The largest absolute Gasteiger partial charge is 0.356 e. The molecule has 0 bridgehead atoms. The summed E-state index contributed by atoms with van der Waals surface area (Å²) < 4.78 is 0. The molecule has 0 saturated carbocycles. The molecule has 0 aliphatic carbocycles. The van der Waals surface area contributed by atoms with E-state index in [2.05, 4.69) is 41.4 Å². The number of unbranched alkanes of at least 4 members (excludes halogenated alkanes) is 1. The second-order valence-corrected chi connectivity index (χ2v) is 6.54. The molecule has 0 amide bonds. The minimum absolute atomic E-state index is 0.758. The summed E-state index contributed by atoms with van der Waals surface area (Å²) in [6.45, 7) is 9.09. The van der Waals surface area contributed by atoms with Gasteiger partial charge in [-0.05, 0) is 44.7 Å². The predicted molar refractivity (Wildman–Crippen MR) is 88.3 cm³/mol. The minimum Gasteiger partial charge on any atom is -0.356 e. The van der Waals surface area contributed by atoms with Crippen LogP contribution >= 0.6 is 0 Å².